The number of urea groups is 1. The largest absolute Gasteiger partial charge is 0.479 e. The maximum atomic E-state index is 12.8. The molecule has 0 radical (unpaired) electrons. The fourth-order valence-corrected chi connectivity index (χ4v) is 3.48. The fourth-order valence-electron chi connectivity index (χ4n) is 3.48. The van der Waals surface area contributed by atoms with Gasteiger partial charge in [-0.05, 0) is 33.2 Å². The maximum absolute atomic E-state index is 12.8. The number of piperazine rings is 1. The van der Waals surface area contributed by atoms with Gasteiger partial charge in [0.2, 0.25) is 0 Å². The van der Waals surface area contributed by atoms with E-state index in [2.05, 4.69) is 4.90 Å². The molecule has 114 valence electrons. The van der Waals surface area contributed by atoms with Crippen LogP contribution in [0.15, 0.2) is 0 Å². The molecule has 2 amide bonds. The van der Waals surface area contributed by atoms with E-state index in [1.165, 1.54) is 0 Å². The molecule has 2 aliphatic rings. The van der Waals surface area contributed by atoms with Crippen LogP contribution in [0.1, 0.15) is 33.1 Å². The number of carboxylic acid groups (broad SMARTS) is 1. The average molecular weight is 283 g/mol. The number of rotatable bonds is 2. The van der Waals surface area contributed by atoms with E-state index in [1.54, 1.807) is 4.90 Å². The summed E-state index contributed by atoms with van der Waals surface area (Å²) >= 11 is 0. The molecule has 2 fully saturated rings. The molecule has 2 unspecified atom stereocenters. The SMILES string of the molecule is CCC1(C(=O)O)CCCN1C(=O)N1CCN(C)CC1C. The topological polar surface area (TPSA) is 64.1 Å². The van der Waals surface area contributed by atoms with Gasteiger partial charge in [-0.25, -0.2) is 9.59 Å². The van der Waals surface area contributed by atoms with Gasteiger partial charge in [0.15, 0.2) is 0 Å². The standard InChI is InChI=1S/C14H25N3O3/c1-4-14(12(18)19)6-5-7-17(14)13(20)16-9-8-15(3)10-11(16)2/h11H,4-10H2,1-3H3,(H,18,19). The van der Waals surface area contributed by atoms with Crippen LogP contribution in [0.3, 0.4) is 0 Å². The van der Waals surface area contributed by atoms with E-state index < -0.39 is 11.5 Å². The normalized spacial score (nSPS) is 31.6. The zero-order valence-electron chi connectivity index (χ0n) is 12.6. The first-order chi connectivity index (χ1) is 9.42. The molecule has 20 heavy (non-hydrogen) atoms. The first kappa shape index (κ1) is 15.1. The minimum atomic E-state index is -1.000. The lowest BCUT2D eigenvalue weighted by Crippen LogP contribution is -2.61. The van der Waals surface area contributed by atoms with Gasteiger partial charge < -0.3 is 19.8 Å². The minimum absolute atomic E-state index is 0.104. The van der Waals surface area contributed by atoms with Crippen LogP contribution in [0.25, 0.3) is 0 Å². The molecule has 2 aliphatic heterocycles. The average Bonchev–Trinajstić information content (AvgIpc) is 2.83. The van der Waals surface area contributed by atoms with Crippen molar-refractivity contribution in [2.45, 2.75) is 44.7 Å². The number of hydrogen-bond donors (Lipinski definition) is 1. The van der Waals surface area contributed by atoms with Gasteiger partial charge in [-0.3, -0.25) is 0 Å². The maximum Gasteiger partial charge on any atom is 0.329 e. The Bertz CT molecular complexity index is 401. The van der Waals surface area contributed by atoms with Gasteiger partial charge in [0.1, 0.15) is 5.54 Å². The third-order valence-electron chi connectivity index (χ3n) is 4.78. The van der Waals surface area contributed by atoms with E-state index in [0.717, 1.165) is 19.5 Å². The Morgan fingerprint density at radius 3 is 2.55 bits per heavy atom. The number of hydrogen-bond acceptors (Lipinski definition) is 3. The third-order valence-corrected chi connectivity index (χ3v) is 4.78. The Morgan fingerprint density at radius 2 is 2.00 bits per heavy atom. The first-order valence-electron chi connectivity index (χ1n) is 7.42. The van der Waals surface area contributed by atoms with Crippen molar-refractivity contribution in [2.75, 3.05) is 33.2 Å². The molecule has 0 aliphatic carbocycles. The van der Waals surface area contributed by atoms with Gasteiger partial charge >= 0.3 is 12.0 Å². The Labute approximate surface area is 120 Å². The molecule has 2 saturated heterocycles. The molecule has 2 atom stereocenters. The van der Waals surface area contributed by atoms with Crippen LogP contribution in [-0.4, -0.2) is 76.6 Å². The Kier molecular flexibility index (Phi) is 4.22. The number of amides is 2. The number of likely N-dealkylation sites (N-methyl/N-ethyl adjacent to an activating group) is 1. The summed E-state index contributed by atoms with van der Waals surface area (Å²) in [5, 5.41) is 9.57. The molecular formula is C14H25N3O3. The predicted molar refractivity (Wildman–Crippen MR) is 75.7 cm³/mol. The van der Waals surface area contributed by atoms with E-state index in [1.807, 2.05) is 25.8 Å². The monoisotopic (exact) mass is 283 g/mol. The highest BCUT2D eigenvalue weighted by Crippen LogP contribution is 2.34. The minimum Gasteiger partial charge on any atom is -0.479 e. The second kappa shape index (κ2) is 5.60. The van der Waals surface area contributed by atoms with Crippen molar-refractivity contribution in [3.63, 3.8) is 0 Å². The molecule has 0 aromatic rings. The van der Waals surface area contributed by atoms with Gasteiger partial charge in [-0.1, -0.05) is 6.92 Å². The Balaban J connectivity index is 2.17. The molecule has 6 heteroatoms. The van der Waals surface area contributed by atoms with Crippen molar-refractivity contribution >= 4 is 12.0 Å². The van der Waals surface area contributed by atoms with Gasteiger partial charge in [-0.15, -0.1) is 0 Å². The summed E-state index contributed by atoms with van der Waals surface area (Å²) in [6.45, 7) is 6.79. The lowest BCUT2D eigenvalue weighted by Gasteiger charge is -2.43. The zero-order valence-corrected chi connectivity index (χ0v) is 12.6. The summed E-state index contributed by atoms with van der Waals surface area (Å²) in [6, 6.07) is 0.0255. The fraction of sp³-hybridized carbons (Fsp3) is 0.857. The van der Waals surface area contributed by atoms with Crippen molar-refractivity contribution in [1.82, 2.24) is 14.7 Å². The molecule has 0 aromatic carbocycles. The van der Waals surface area contributed by atoms with Crippen LogP contribution >= 0.6 is 0 Å². The summed E-state index contributed by atoms with van der Waals surface area (Å²) < 4.78 is 0. The smallest absolute Gasteiger partial charge is 0.329 e. The van der Waals surface area contributed by atoms with Gasteiger partial charge in [-0.2, -0.15) is 0 Å². The number of likely N-dealkylation sites (tertiary alicyclic amines) is 1. The van der Waals surface area contributed by atoms with Gasteiger partial charge in [0.25, 0.3) is 0 Å². The van der Waals surface area contributed by atoms with Crippen LogP contribution in [0.2, 0.25) is 0 Å². The number of carbonyl (C=O) groups excluding carboxylic acids is 1. The summed E-state index contributed by atoms with van der Waals surface area (Å²) in [5.74, 6) is -0.868. The molecule has 0 aromatic heterocycles. The van der Waals surface area contributed by atoms with Gasteiger partial charge in [0.05, 0.1) is 0 Å². The molecule has 0 spiro atoms. The van der Waals surface area contributed by atoms with Crippen molar-refractivity contribution in [3.8, 4) is 0 Å². The van der Waals surface area contributed by atoms with Crippen LogP contribution in [-0.2, 0) is 4.79 Å². The van der Waals surface area contributed by atoms with Gasteiger partial charge in [0, 0.05) is 32.2 Å². The van der Waals surface area contributed by atoms with Crippen LogP contribution < -0.4 is 0 Å². The number of carbonyl (C=O) groups is 2. The second-order valence-electron chi connectivity index (χ2n) is 6.03. The van der Waals surface area contributed by atoms with Crippen molar-refractivity contribution < 1.29 is 14.7 Å². The number of nitrogens with zero attached hydrogens (tertiary/aromatic N) is 3. The molecule has 2 rings (SSSR count). The van der Waals surface area contributed by atoms with Crippen molar-refractivity contribution in [3.05, 3.63) is 0 Å². The number of carboxylic acids is 1. The summed E-state index contributed by atoms with van der Waals surface area (Å²) in [7, 11) is 2.04. The summed E-state index contributed by atoms with van der Waals surface area (Å²) in [5.41, 5.74) is -1.000. The molecule has 0 saturated carbocycles. The van der Waals surface area contributed by atoms with E-state index in [9.17, 15) is 14.7 Å². The lowest BCUT2D eigenvalue weighted by molar-refractivity contribution is -0.148. The summed E-state index contributed by atoms with van der Waals surface area (Å²) in [4.78, 5) is 30.1. The molecular weight excluding hydrogens is 258 g/mol. The molecule has 0 bridgehead atoms. The van der Waals surface area contributed by atoms with E-state index >= 15 is 0 Å². The van der Waals surface area contributed by atoms with E-state index in [0.29, 0.717) is 25.9 Å². The molecule has 2 heterocycles. The van der Waals surface area contributed by atoms with E-state index in [-0.39, 0.29) is 12.1 Å². The lowest BCUT2D eigenvalue weighted by atomic mass is 9.93. The molecule has 6 nitrogen and oxygen atoms in total. The van der Waals surface area contributed by atoms with E-state index in [4.69, 9.17) is 0 Å². The highest BCUT2D eigenvalue weighted by Gasteiger charge is 2.50. The summed E-state index contributed by atoms with van der Waals surface area (Å²) in [6.07, 6.45) is 1.80. The number of aliphatic carboxylic acids is 1. The quantitative estimate of drug-likeness (QED) is 0.823. The van der Waals surface area contributed by atoms with Crippen molar-refractivity contribution in [2.24, 2.45) is 0 Å². The predicted octanol–water partition coefficient (Wildman–Crippen LogP) is 1.07. The second-order valence-corrected chi connectivity index (χ2v) is 6.03. The van der Waals surface area contributed by atoms with Crippen LogP contribution in [0, 0.1) is 0 Å². The van der Waals surface area contributed by atoms with Crippen LogP contribution in [0.5, 0.6) is 0 Å². The Morgan fingerprint density at radius 1 is 1.30 bits per heavy atom. The highest BCUT2D eigenvalue weighted by molar-refractivity contribution is 5.87. The zero-order chi connectivity index (χ0) is 14.9. The third kappa shape index (κ3) is 2.37. The Hall–Kier alpha value is -1.30. The first-order valence-corrected chi connectivity index (χ1v) is 7.42. The van der Waals surface area contributed by atoms with Crippen LogP contribution in [0.4, 0.5) is 4.79 Å². The molecule has 1 N–H and O–H groups in total. The van der Waals surface area contributed by atoms with Crippen molar-refractivity contribution in [1.29, 1.82) is 0 Å². The highest BCUT2D eigenvalue weighted by atomic mass is 16.4.